The number of amidine groups is 1. The molecule has 27 heavy (non-hydrogen) atoms. The molecule has 1 fully saturated rings. The number of rotatable bonds is 4. The van der Waals surface area contributed by atoms with Gasteiger partial charge in [0.2, 0.25) is 0 Å². The Morgan fingerprint density at radius 1 is 1.22 bits per heavy atom. The molecule has 0 spiro atoms. The Kier molecular flexibility index (Phi) is 6.18. The molecule has 0 aliphatic carbocycles. The van der Waals surface area contributed by atoms with Crippen LogP contribution in [0.5, 0.6) is 0 Å². The van der Waals surface area contributed by atoms with E-state index in [0.717, 1.165) is 37.1 Å². The highest BCUT2D eigenvalue weighted by molar-refractivity contribution is 7.90. The van der Waals surface area contributed by atoms with E-state index in [1.54, 1.807) is 24.3 Å². The van der Waals surface area contributed by atoms with E-state index in [1.165, 1.54) is 12.1 Å². The molecule has 2 heterocycles. The lowest BCUT2D eigenvalue weighted by Gasteiger charge is -2.17. The van der Waals surface area contributed by atoms with Crippen molar-refractivity contribution in [2.75, 3.05) is 18.9 Å². The maximum Gasteiger partial charge on any atom is 0.284 e. The van der Waals surface area contributed by atoms with Crippen molar-refractivity contribution in [1.29, 1.82) is 0 Å². The zero-order chi connectivity index (χ0) is 19.4. The van der Waals surface area contributed by atoms with Gasteiger partial charge in [-0.3, -0.25) is 4.79 Å². The molecule has 3 rings (SSSR count). The fourth-order valence-corrected chi connectivity index (χ4v) is 4.88. The van der Waals surface area contributed by atoms with Crippen molar-refractivity contribution in [3.05, 3.63) is 45.6 Å². The van der Waals surface area contributed by atoms with Gasteiger partial charge < -0.3 is 10.2 Å². The third-order valence-electron chi connectivity index (χ3n) is 4.25. The summed E-state index contributed by atoms with van der Waals surface area (Å²) in [5.74, 6) is 0.242. The number of hydrogen-bond acceptors (Lipinski definition) is 4. The summed E-state index contributed by atoms with van der Waals surface area (Å²) in [5.41, 5.74) is 0.389. The van der Waals surface area contributed by atoms with E-state index >= 15 is 0 Å². The van der Waals surface area contributed by atoms with Gasteiger partial charge in [0.1, 0.15) is 5.84 Å². The van der Waals surface area contributed by atoms with Crippen molar-refractivity contribution in [3.63, 3.8) is 0 Å². The number of carbonyl (C=O) groups excluding carboxylic acids is 1. The number of hydrogen-bond donors (Lipinski definition) is 1. The molecule has 144 valence electrons. The van der Waals surface area contributed by atoms with Crippen molar-refractivity contribution in [2.24, 2.45) is 4.40 Å². The van der Waals surface area contributed by atoms with E-state index in [-0.39, 0.29) is 10.8 Å². The van der Waals surface area contributed by atoms with Crippen LogP contribution in [-0.2, 0) is 10.0 Å². The molecule has 1 N–H and O–H groups in total. The van der Waals surface area contributed by atoms with Gasteiger partial charge >= 0.3 is 0 Å². The van der Waals surface area contributed by atoms with Crippen molar-refractivity contribution in [3.8, 4) is 0 Å². The van der Waals surface area contributed by atoms with E-state index < -0.39 is 10.0 Å². The van der Waals surface area contributed by atoms with Gasteiger partial charge in [-0.05, 0) is 43.2 Å². The summed E-state index contributed by atoms with van der Waals surface area (Å²) in [6.07, 6.45) is 3.67. The fraction of sp³-hybridized carbons (Fsp3) is 0.333. The number of thiophene rings is 1. The van der Waals surface area contributed by atoms with Crippen molar-refractivity contribution in [2.45, 2.75) is 30.6 Å². The topological polar surface area (TPSA) is 78.8 Å². The molecule has 0 saturated carbocycles. The zero-order valence-corrected chi connectivity index (χ0v) is 17.2. The van der Waals surface area contributed by atoms with Crippen molar-refractivity contribution >= 4 is 50.4 Å². The van der Waals surface area contributed by atoms with Gasteiger partial charge in [0, 0.05) is 25.7 Å². The maximum absolute atomic E-state index is 12.7. The van der Waals surface area contributed by atoms with E-state index in [0.29, 0.717) is 27.2 Å². The number of benzene rings is 1. The number of halogens is 1. The lowest BCUT2D eigenvalue weighted by Crippen LogP contribution is -2.26. The van der Waals surface area contributed by atoms with E-state index in [1.807, 2.05) is 11.9 Å². The second-order valence-electron chi connectivity index (χ2n) is 6.30. The van der Waals surface area contributed by atoms with Crippen LogP contribution in [0.2, 0.25) is 4.34 Å². The number of nitrogens with one attached hydrogen (secondary N) is 1. The summed E-state index contributed by atoms with van der Waals surface area (Å²) < 4.78 is 30.0. The molecule has 0 unspecified atom stereocenters. The smallest absolute Gasteiger partial charge is 0.284 e. The minimum absolute atomic E-state index is 0.0506. The van der Waals surface area contributed by atoms with Crippen molar-refractivity contribution in [1.82, 2.24) is 4.90 Å². The van der Waals surface area contributed by atoms with Crippen molar-refractivity contribution < 1.29 is 13.2 Å². The molecular formula is C18H20ClN3O3S2. The van der Waals surface area contributed by atoms with E-state index in [9.17, 15) is 13.2 Å². The first-order valence-corrected chi connectivity index (χ1v) is 11.2. The maximum atomic E-state index is 12.7. The zero-order valence-electron chi connectivity index (χ0n) is 14.8. The highest BCUT2D eigenvalue weighted by Gasteiger charge is 2.19. The molecule has 0 bridgehead atoms. The average Bonchev–Trinajstić information content (AvgIpc) is 2.97. The van der Waals surface area contributed by atoms with Crippen LogP contribution in [0.3, 0.4) is 0 Å². The first-order valence-electron chi connectivity index (χ1n) is 8.57. The number of amides is 1. The average molecular weight is 426 g/mol. The molecule has 1 amide bonds. The lowest BCUT2D eigenvalue weighted by molar-refractivity contribution is 0.103. The summed E-state index contributed by atoms with van der Waals surface area (Å²) in [4.78, 5) is 14.6. The Morgan fingerprint density at radius 2 is 2.04 bits per heavy atom. The fourth-order valence-electron chi connectivity index (χ4n) is 2.80. The lowest BCUT2D eigenvalue weighted by atomic mass is 10.2. The molecule has 1 aromatic heterocycles. The van der Waals surface area contributed by atoms with Gasteiger partial charge in [-0.15, -0.1) is 15.7 Å². The number of carbonyl (C=O) groups is 1. The molecule has 2 aromatic rings. The minimum Gasteiger partial charge on any atom is -0.362 e. The molecule has 1 saturated heterocycles. The summed E-state index contributed by atoms with van der Waals surface area (Å²) in [6, 6.07) is 9.38. The second-order valence-corrected chi connectivity index (χ2v) is 9.62. The summed E-state index contributed by atoms with van der Waals surface area (Å²) in [7, 11) is -1.99. The molecular weight excluding hydrogens is 406 g/mol. The van der Waals surface area contributed by atoms with Crippen LogP contribution in [0.15, 0.2) is 45.7 Å². The van der Waals surface area contributed by atoms with E-state index in [2.05, 4.69) is 9.71 Å². The molecule has 1 aliphatic heterocycles. The number of sulfonamides is 1. The highest BCUT2D eigenvalue weighted by Crippen LogP contribution is 2.24. The quantitative estimate of drug-likeness (QED) is 0.794. The van der Waals surface area contributed by atoms with Gasteiger partial charge in [-0.2, -0.15) is 8.42 Å². The Balaban J connectivity index is 1.82. The Bertz CT molecular complexity index is 970. The van der Waals surface area contributed by atoms with Crippen LogP contribution in [0.1, 0.15) is 35.4 Å². The first kappa shape index (κ1) is 19.9. The van der Waals surface area contributed by atoms with Gasteiger partial charge in [-0.25, -0.2) is 0 Å². The van der Waals surface area contributed by atoms with Crippen LogP contribution in [0, 0.1) is 0 Å². The van der Waals surface area contributed by atoms with Crippen LogP contribution in [0.4, 0.5) is 5.69 Å². The van der Waals surface area contributed by atoms with Gasteiger partial charge in [0.15, 0.2) is 0 Å². The number of anilines is 1. The van der Waals surface area contributed by atoms with Gasteiger partial charge in [0.25, 0.3) is 15.9 Å². The van der Waals surface area contributed by atoms with Gasteiger partial charge in [-0.1, -0.05) is 24.1 Å². The van der Waals surface area contributed by atoms with Crippen LogP contribution in [0.25, 0.3) is 0 Å². The molecule has 0 radical (unpaired) electrons. The highest BCUT2D eigenvalue weighted by atomic mass is 35.5. The molecule has 1 aliphatic rings. The summed E-state index contributed by atoms with van der Waals surface area (Å²) >= 11 is 7.01. The van der Waals surface area contributed by atoms with Gasteiger partial charge in [0.05, 0.1) is 14.1 Å². The molecule has 1 aromatic carbocycles. The Hall–Kier alpha value is -1.90. The third kappa shape index (κ3) is 5.09. The standard InChI is InChI=1S/C18H20ClN3O3S2/c1-22-11-4-2-3-8-17(22)21-27(24,25)14-7-5-6-13(12-14)20-18(23)15-9-10-16(19)26-15/h5-7,9-10,12H,2-4,8,11H2,1H3,(H,20,23). The normalized spacial score (nSPS) is 17.0. The minimum atomic E-state index is -3.85. The Morgan fingerprint density at radius 3 is 2.78 bits per heavy atom. The summed E-state index contributed by atoms with van der Waals surface area (Å²) in [5, 5.41) is 2.70. The largest absolute Gasteiger partial charge is 0.362 e. The van der Waals surface area contributed by atoms with Crippen LogP contribution >= 0.6 is 22.9 Å². The number of likely N-dealkylation sites (tertiary alicyclic amines) is 1. The predicted molar refractivity (Wildman–Crippen MR) is 109 cm³/mol. The Labute approximate surface area is 167 Å². The first-order chi connectivity index (χ1) is 12.8. The second kappa shape index (κ2) is 8.41. The third-order valence-corrected chi connectivity index (χ3v) is 6.78. The monoisotopic (exact) mass is 425 g/mol. The number of nitrogens with zero attached hydrogens (tertiary/aromatic N) is 2. The molecule has 6 nitrogen and oxygen atoms in total. The molecule has 0 atom stereocenters. The molecule has 9 heteroatoms. The van der Waals surface area contributed by atoms with Crippen LogP contribution < -0.4 is 5.32 Å². The van der Waals surface area contributed by atoms with Crippen LogP contribution in [-0.4, -0.2) is 38.7 Å². The summed E-state index contributed by atoms with van der Waals surface area (Å²) in [6.45, 7) is 0.799. The SMILES string of the molecule is CN1CCCCCC1=NS(=O)(=O)c1cccc(NC(=O)c2ccc(Cl)s2)c1. The predicted octanol–water partition coefficient (Wildman–Crippen LogP) is 4.25. The van der Waals surface area contributed by atoms with E-state index in [4.69, 9.17) is 11.6 Å².